The summed E-state index contributed by atoms with van der Waals surface area (Å²) in [5.74, 6) is 0. The Hall–Kier alpha value is -2.72. The van der Waals surface area contributed by atoms with Crippen molar-refractivity contribution in [3.05, 3.63) is 72.3 Å². The van der Waals surface area contributed by atoms with Crippen LogP contribution < -0.4 is 0 Å². The SMILES string of the molecule is OC[C@H]1O[C@H](c2ccc3c4cccc5cccc(c6cccc2c63)c54)C[C@@H]1O. The maximum absolute atomic E-state index is 10.2. The fraction of sp³-hybridized carbons (Fsp3) is 0.200. The Morgan fingerprint density at radius 1 is 0.750 bits per heavy atom. The Kier molecular flexibility index (Phi) is 3.42. The van der Waals surface area contributed by atoms with E-state index in [1.165, 1.54) is 37.7 Å². The van der Waals surface area contributed by atoms with Gasteiger partial charge in [-0.15, -0.1) is 0 Å². The smallest absolute Gasteiger partial charge is 0.107 e. The molecule has 0 radical (unpaired) electrons. The number of ether oxygens (including phenoxy) is 1. The van der Waals surface area contributed by atoms with E-state index in [1.807, 2.05) is 0 Å². The second-order valence-electron chi connectivity index (χ2n) is 7.79. The molecular weight excluding hydrogens is 348 g/mol. The average Bonchev–Trinajstić information content (AvgIpc) is 3.12. The van der Waals surface area contributed by atoms with E-state index in [9.17, 15) is 10.2 Å². The third-order valence-electron chi connectivity index (χ3n) is 6.31. The van der Waals surface area contributed by atoms with E-state index in [1.54, 1.807) is 0 Å². The van der Waals surface area contributed by atoms with Gasteiger partial charge in [0.15, 0.2) is 0 Å². The van der Waals surface area contributed by atoms with Gasteiger partial charge >= 0.3 is 0 Å². The lowest BCUT2D eigenvalue weighted by atomic mass is 9.87. The van der Waals surface area contributed by atoms with Gasteiger partial charge in [-0.3, -0.25) is 0 Å². The summed E-state index contributed by atoms with van der Waals surface area (Å²) in [7, 11) is 0. The highest BCUT2D eigenvalue weighted by molar-refractivity contribution is 6.33. The fourth-order valence-corrected chi connectivity index (χ4v) is 5.04. The van der Waals surface area contributed by atoms with Crippen molar-refractivity contribution in [2.45, 2.75) is 24.7 Å². The molecule has 2 N–H and O–H groups in total. The molecule has 138 valence electrons. The molecule has 3 nitrogen and oxygen atoms in total. The number of hydrogen-bond donors (Lipinski definition) is 2. The van der Waals surface area contributed by atoms with Gasteiger partial charge < -0.3 is 14.9 Å². The van der Waals surface area contributed by atoms with Gasteiger partial charge in [0, 0.05) is 6.42 Å². The van der Waals surface area contributed by atoms with Crippen molar-refractivity contribution in [2.24, 2.45) is 0 Å². The molecule has 6 rings (SSSR count). The first-order chi connectivity index (χ1) is 13.8. The quantitative estimate of drug-likeness (QED) is 0.343. The van der Waals surface area contributed by atoms with Crippen LogP contribution in [0, 0.1) is 0 Å². The fourth-order valence-electron chi connectivity index (χ4n) is 5.04. The molecule has 5 aromatic rings. The number of hydrogen-bond acceptors (Lipinski definition) is 3. The summed E-state index contributed by atoms with van der Waals surface area (Å²) >= 11 is 0. The van der Waals surface area contributed by atoms with Crippen molar-refractivity contribution in [3.63, 3.8) is 0 Å². The zero-order chi connectivity index (χ0) is 18.8. The van der Waals surface area contributed by atoms with Crippen LogP contribution in [0.15, 0.2) is 66.7 Å². The average molecular weight is 368 g/mol. The zero-order valence-electron chi connectivity index (χ0n) is 15.3. The zero-order valence-corrected chi connectivity index (χ0v) is 15.3. The summed E-state index contributed by atoms with van der Waals surface area (Å²) in [6.45, 7) is -0.158. The highest BCUT2D eigenvalue weighted by atomic mass is 16.5. The Balaban J connectivity index is 1.72. The van der Waals surface area contributed by atoms with Crippen molar-refractivity contribution in [3.8, 4) is 0 Å². The van der Waals surface area contributed by atoms with Gasteiger partial charge in [-0.1, -0.05) is 66.7 Å². The highest BCUT2D eigenvalue weighted by Crippen LogP contribution is 2.44. The number of aliphatic hydroxyl groups is 2. The summed E-state index contributed by atoms with van der Waals surface area (Å²) in [5, 5.41) is 29.7. The van der Waals surface area contributed by atoms with E-state index in [0.29, 0.717) is 6.42 Å². The molecule has 0 bridgehead atoms. The first-order valence-corrected chi connectivity index (χ1v) is 9.79. The van der Waals surface area contributed by atoms with Crippen molar-refractivity contribution < 1.29 is 14.9 Å². The molecule has 3 atom stereocenters. The Morgan fingerprint density at radius 3 is 2.04 bits per heavy atom. The Bertz CT molecular complexity index is 1290. The van der Waals surface area contributed by atoms with Gasteiger partial charge in [-0.25, -0.2) is 0 Å². The number of aliphatic hydroxyl groups excluding tert-OH is 2. The molecule has 1 heterocycles. The van der Waals surface area contributed by atoms with Gasteiger partial charge in [0.1, 0.15) is 6.10 Å². The summed E-state index contributed by atoms with van der Waals surface area (Å²) in [5.41, 5.74) is 1.09. The molecule has 0 aliphatic carbocycles. The number of fused-ring (bicyclic) bond motifs is 2. The van der Waals surface area contributed by atoms with Gasteiger partial charge in [-0.05, 0) is 48.7 Å². The first kappa shape index (κ1) is 16.3. The molecular formula is C25H20O3. The summed E-state index contributed by atoms with van der Waals surface area (Å²) in [6, 6.07) is 23.8. The van der Waals surface area contributed by atoms with Crippen LogP contribution in [0.3, 0.4) is 0 Å². The Morgan fingerprint density at radius 2 is 1.36 bits per heavy atom. The molecule has 1 aliphatic heterocycles. The monoisotopic (exact) mass is 368 g/mol. The van der Waals surface area contributed by atoms with Crippen LogP contribution in [-0.4, -0.2) is 29.0 Å². The minimum absolute atomic E-state index is 0.158. The van der Waals surface area contributed by atoms with E-state index in [-0.39, 0.29) is 12.7 Å². The standard InChI is InChI=1S/C25H20O3/c26-13-23-21(27)12-22(28-23)15-10-11-20-18-7-2-5-14-4-1-6-17(24(14)18)19-9-3-8-16(15)25(19)20/h1-11,21-23,26-27H,12-13H2/t21-,22-,23+/m0/s1. The van der Waals surface area contributed by atoms with Gasteiger partial charge in [0.05, 0.1) is 18.8 Å². The first-order valence-electron chi connectivity index (χ1n) is 9.79. The lowest BCUT2D eigenvalue weighted by molar-refractivity contribution is -0.0222. The largest absolute Gasteiger partial charge is 0.394 e. The lowest BCUT2D eigenvalue weighted by Crippen LogP contribution is -2.24. The number of rotatable bonds is 2. The predicted molar refractivity (Wildman–Crippen MR) is 113 cm³/mol. The molecule has 1 aliphatic rings. The second kappa shape index (κ2) is 5.89. The molecule has 1 fully saturated rings. The van der Waals surface area contributed by atoms with E-state index in [2.05, 4.69) is 66.7 Å². The maximum Gasteiger partial charge on any atom is 0.107 e. The molecule has 1 saturated heterocycles. The van der Waals surface area contributed by atoms with Gasteiger partial charge in [-0.2, -0.15) is 0 Å². The van der Waals surface area contributed by atoms with Crippen molar-refractivity contribution in [2.75, 3.05) is 6.61 Å². The van der Waals surface area contributed by atoms with Crippen LogP contribution in [0.25, 0.3) is 43.1 Å². The normalized spacial score (nSPS) is 22.9. The van der Waals surface area contributed by atoms with E-state index < -0.39 is 12.2 Å². The molecule has 3 heteroatoms. The molecule has 0 spiro atoms. The van der Waals surface area contributed by atoms with E-state index >= 15 is 0 Å². The van der Waals surface area contributed by atoms with Crippen molar-refractivity contribution >= 4 is 43.1 Å². The van der Waals surface area contributed by atoms with Gasteiger partial charge in [0.25, 0.3) is 0 Å². The van der Waals surface area contributed by atoms with Crippen LogP contribution in [0.5, 0.6) is 0 Å². The van der Waals surface area contributed by atoms with Crippen LogP contribution in [-0.2, 0) is 4.74 Å². The molecule has 0 amide bonds. The van der Waals surface area contributed by atoms with E-state index in [0.717, 1.165) is 10.9 Å². The maximum atomic E-state index is 10.2. The summed E-state index contributed by atoms with van der Waals surface area (Å²) < 4.78 is 5.98. The van der Waals surface area contributed by atoms with Crippen LogP contribution in [0.1, 0.15) is 18.1 Å². The second-order valence-corrected chi connectivity index (χ2v) is 7.79. The lowest BCUT2D eigenvalue weighted by Gasteiger charge is -2.19. The third kappa shape index (κ3) is 2.09. The molecule has 0 saturated carbocycles. The van der Waals surface area contributed by atoms with Gasteiger partial charge in [0.2, 0.25) is 0 Å². The minimum Gasteiger partial charge on any atom is -0.394 e. The van der Waals surface area contributed by atoms with Crippen LogP contribution in [0.2, 0.25) is 0 Å². The molecule has 5 aromatic carbocycles. The van der Waals surface area contributed by atoms with Crippen LogP contribution >= 0.6 is 0 Å². The Labute approximate surface area is 162 Å². The van der Waals surface area contributed by atoms with E-state index in [4.69, 9.17) is 4.74 Å². The molecule has 28 heavy (non-hydrogen) atoms. The molecule has 0 unspecified atom stereocenters. The molecule has 0 aromatic heterocycles. The van der Waals surface area contributed by atoms with Crippen molar-refractivity contribution in [1.82, 2.24) is 0 Å². The minimum atomic E-state index is -0.629. The van der Waals surface area contributed by atoms with Crippen molar-refractivity contribution in [1.29, 1.82) is 0 Å². The predicted octanol–water partition coefficient (Wildman–Crippen LogP) is 4.92. The topological polar surface area (TPSA) is 49.7 Å². The summed E-state index contributed by atoms with van der Waals surface area (Å²) in [4.78, 5) is 0. The highest BCUT2D eigenvalue weighted by Gasteiger charge is 2.35. The summed E-state index contributed by atoms with van der Waals surface area (Å²) in [6.07, 6.45) is -0.833. The third-order valence-corrected chi connectivity index (χ3v) is 6.31. The number of benzene rings is 5. The van der Waals surface area contributed by atoms with Crippen LogP contribution in [0.4, 0.5) is 0 Å².